The average molecular weight is 637 g/mol. The molecule has 0 bridgehead atoms. The van der Waals surface area contributed by atoms with Crippen molar-refractivity contribution < 1.29 is 0 Å². The molecule has 0 radical (unpaired) electrons. The van der Waals surface area contributed by atoms with Crippen molar-refractivity contribution in [3.63, 3.8) is 0 Å². The third kappa shape index (κ3) is 5.46. The molecule has 7 aromatic rings. The Labute approximate surface area is 265 Å². The van der Waals surface area contributed by atoms with Crippen LogP contribution in [0.15, 0.2) is 170 Å². The first kappa shape index (κ1) is 28.2. The predicted molar refractivity (Wildman–Crippen MR) is 184 cm³/mol. The second kappa shape index (κ2) is 12.5. The Hall–Kier alpha value is -5.64. The van der Waals surface area contributed by atoms with Crippen molar-refractivity contribution in [2.24, 2.45) is 0 Å². The van der Waals surface area contributed by atoms with Gasteiger partial charge in [-0.2, -0.15) is 0 Å². The number of hydrogen-bond acceptors (Lipinski definition) is 4. The van der Waals surface area contributed by atoms with Gasteiger partial charge in [-0.1, -0.05) is 0 Å². The minimum atomic E-state index is -3.65. The zero-order valence-electron chi connectivity index (χ0n) is 24.5. The van der Waals surface area contributed by atoms with Gasteiger partial charge in [-0.3, -0.25) is 0 Å². The summed E-state index contributed by atoms with van der Waals surface area (Å²) < 4.78 is 4.97. The molecule has 45 heavy (non-hydrogen) atoms. The third-order valence-corrected chi connectivity index (χ3v) is 18.0. The maximum atomic E-state index is 10.4. The predicted octanol–water partition coefficient (Wildman–Crippen LogP) is 6.12. The molecular weight excluding hydrogens is 609 g/mol. The van der Waals surface area contributed by atoms with E-state index in [1.54, 1.807) is 0 Å². The van der Waals surface area contributed by atoms with E-state index in [2.05, 4.69) is 109 Å². The molecule has 0 unspecified atom stereocenters. The van der Waals surface area contributed by atoms with Gasteiger partial charge in [0.1, 0.15) is 0 Å². The third-order valence-electron chi connectivity index (χ3n) is 8.07. The van der Waals surface area contributed by atoms with Gasteiger partial charge in [0.05, 0.1) is 0 Å². The van der Waals surface area contributed by atoms with Crippen LogP contribution in [-0.2, 0) is 0 Å². The van der Waals surface area contributed by atoms with E-state index in [0.717, 1.165) is 21.1 Å². The van der Waals surface area contributed by atoms with Crippen molar-refractivity contribution >= 4 is 30.8 Å². The van der Waals surface area contributed by atoms with E-state index in [-0.39, 0.29) is 0 Å². The second-order valence-electron chi connectivity index (χ2n) is 10.8. The summed E-state index contributed by atoms with van der Waals surface area (Å²) in [6.45, 7) is 0. The van der Waals surface area contributed by atoms with Crippen LogP contribution in [0.1, 0.15) is 5.56 Å². The topological polar surface area (TPSA) is 62.5 Å². The van der Waals surface area contributed by atoms with Crippen LogP contribution in [0.3, 0.4) is 0 Å². The molecule has 0 saturated carbocycles. The molecule has 0 spiro atoms. The van der Waals surface area contributed by atoms with Crippen molar-refractivity contribution in [1.29, 1.82) is 5.26 Å². The molecule has 1 heterocycles. The molecule has 6 aromatic carbocycles. The summed E-state index contributed by atoms with van der Waals surface area (Å²) in [5.74, 6) is 1.71. The Bertz CT molecular complexity index is 1940. The first-order chi connectivity index (χ1) is 22.3. The monoisotopic (exact) mass is 638 g/mol. The Balaban J connectivity index is 1.54. The quantitative estimate of drug-likeness (QED) is 0.198. The Kier molecular flexibility index (Phi) is 7.84. The van der Waals surface area contributed by atoms with Crippen LogP contribution >= 0.6 is 0 Å². The maximum absolute atomic E-state index is 10.4. The standard InChI is InChI=1S/C40H28GeN4/c42-29-30-26-33(40-44-38(31-16-6-1-7-17-31)43-39(45-40)32-18-8-2-9-19-32)28-37(27-30)41(34-20-10-3-11-21-34,35-22-12-4-13-23-35)36-24-14-5-15-25-36/h1-28H. The zero-order chi connectivity index (χ0) is 30.5. The average Bonchev–Trinajstić information content (AvgIpc) is 3.14. The second-order valence-corrected chi connectivity index (χ2v) is 18.8. The molecule has 0 fully saturated rings. The van der Waals surface area contributed by atoms with Gasteiger partial charge < -0.3 is 0 Å². The van der Waals surface area contributed by atoms with Crippen molar-refractivity contribution in [2.45, 2.75) is 0 Å². The van der Waals surface area contributed by atoms with Gasteiger partial charge in [0.2, 0.25) is 0 Å². The summed E-state index contributed by atoms with van der Waals surface area (Å²) in [5.41, 5.74) is 3.17. The van der Waals surface area contributed by atoms with Gasteiger partial charge in [0, 0.05) is 0 Å². The Morgan fingerprint density at radius 3 is 1.11 bits per heavy atom. The van der Waals surface area contributed by atoms with Crippen LogP contribution < -0.4 is 17.6 Å². The molecule has 7 rings (SSSR count). The van der Waals surface area contributed by atoms with E-state index in [1.807, 2.05) is 66.7 Å². The van der Waals surface area contributed by atoms with E-state index in [1.165, 1.54) is 13.2 Å². The molecule has 212 valence electrons. The van der Waals surface area contributed by atoms with E-state index >= 15 is 0 Å². The van der Waals surface area contributed by atoms with Crippen molar-refractivity contribution in [2.75, 3.05) is 0 Å². The molecule has 0 aliphatic rings. The molecular formula is C40H28GeN4. The Morgan fingerprint density at radius 1 is 0.378 bits per heavy atom. The summed E-state index contributed by atoms with van der Waals surface area (Å²) in [7, 11) is 0. The van der Waals surface area contributed by atoms with Crippen LogP contribution in [0.2, 0.25) is 0 Å². The fraction of sp³-hybridized carbons (Fsp3) is 0. The normalized spacial score (nSPS) is 11.1. The fourth-order valence-electron chi connectivity index (χ4n) is 6.04. The van der Waals surface area contributed by atoms with Gasteiger partial charge in [-0.15, -0.1) is 0 Å². The van der Waals surface area contributed by atoms with Gasteiger partial charge in [0.15, 0.2) is 0 Å². The number of benzene rings is 6. The molecule has 5 heteroatoms. The summed E-state index contributed by atoms with van der Waals surface area (Å²) in [6, 6.07) is 60.8. The zero-order valence-corrected chi connectivity index (χ0v) is 26.6. The van der Waals surface area contributed by atoms with Gasteiger partial charge in [0.25, 0.3) is 0 Å². The van der Waals surface area contributed by atoms with E-state index in [9.17, 15) is 5.26 Å². The number of rotatable bonds is 7. The molecule has 0 aliphatic heterocycles. The molecule has 0 aliphatic carbocycles. The Morgan fingerprint density at radius 2 is 0.733 bits per heavy atom. The molecule has 4 nitrogen and oxygen atoms in total. The first-order valence-electron chi connectivity index (χ1n) is 14.9. The molecule has 0 N–H and O–H groups in total. The summed E-state index contributed by atoms with van der Waals surface area (Å²) >= 11 is -3.65. The van der Waals surface area contributed by atoms with Crippen LogP contribution in [0, 0.1) is 11.3 Å². The number of nitrogens with zero attached hydrogens (tertiary/aromatic N) is 4. The SMILES string of the molecule is N#Cc1cc(-c2nc(-c3ccccc3)nc(-c3ccccc3)n2)c[c]([Ge]([c]2ccccc2)([c]2ccccc2)[c]2ccccc2)c1. The summed E-state index contributed by atoms with van der Waals surface area (Å²) in [5, 5.41) is 10.4. The summed E-state index contributed by atoms with van der Waals surface area (Å²) in [6.07, 6.45) is 0. The fourth-order valence-corrected chi connectivity index (χ4v) is 16.2. The first-order valence-corrected chi connectivity index (χ1v) is 19.0. The van der Waals surface area contributed by atoms with Crippen molar-refractivity contribution in [3.05, 3.63) is 175 Å². The van der Waals surface area contributed by atoms with Gasteiger partial charge >= 0.3 is 267 Å². The van der Waals surface area contributed by atoms with Crippen molar-refractivity contribution in [1.82, 2.24) is 15.0 Å². The number of nitriles is 1. The molecule has 0 atom stereocenters. The van der Waals surface area contributed by atoms with Crippen LogP contribution in [-0.4, -0.2) is 28.2 Å². The van der Waals surface area contributed by atoms with Crippen LogP contribution in [0.5, 0.6) is 0 Å². The molecule has 0 amide bonds. The van der Waals surface area contributed by atoms with Crippen LogP contribution in [0.4, 0.5) is 0 Å². The van der Waals surface area contributed by atoms with Gasteiger partial charge in [-0.05, 0) is 0 Å². The van der Waals surface area contributed by atoms with E-state index in [4.69, 9.17) is 15.0 Å². The minimum absolute atomic E-state index is 0.534. The number of hydrogen-bond donors (Lipinski definition) is 0. The van der Waals surface area contributed by atoms with Crippen molar-refractivity contribution in [3.8, 4) is 40.2 Å². The van der Waals surface area contributed by atoms with Crippen LogP contribution in [0.25, 0.3) is 34.2 Å². The van der Waals surface area contributed by atoms with Gasteiger partial charge in [-0.25, -0.2) is 0 Å². The van der Waals surface area contributed by atoms with E-state index in [0.29, 0.717) is 23.0 Å². The molecule has 1 aromatic heterocycles. The van der Waals surface area contributed by atoms with E-state index < -0.39 is 13.3 Å². The molecule has 0 saturated heterocycles. The number of aromatic nitrogens is 3. The summed E-state index contributed by atoms with van der Waals surface area (Å²) in [4.78, 5) is 14.9.